The van der Waals surface area contributed by atoms with Gasteiger partial charge in [-0.3, -0.25) is 9.59 Å². The molecule has 100 valence electrons. The van der Waals surface area contributed by atoms with E-state index < -0.39 is 0 Å². The van der Waals surface area contributed by atoms with Crippen LogP contribution < -0.4 is 26.6 Å². The molecule has 0 heterocycles. The molecule has 0 fully saturated rings. The zero-order chi connectivity index (χ0) is 12.9. The zero-order valence-corrected chi connectivity index (χ0v) is 10.6. The Hall–Kier alpha value is -1.18. The molecular weight excluding hydrogens is 222 g/mol. The molecule has 2 amide bonds. The number of hydrogen-bond acceptors (Lipinski definition) is 5. The minimum atomic E-state index is -0.0164. The van der Waals surface area contributed by atoms with E-state index in [4.69, 9.17) is 0 Å². The molecule has 0 saturated heterocycles. The number of nitrogens with one attached hydrogen (secondary N) is 5. The van der Waals surface area contributed by atoms with Gasteiger partial charge >= 0.3 is 0 Å². The normalized spacial score (nSPS) is 10.0. The van der Waals surface area contributed by atoms with Crippen LogP contribution >= 0.6 is 0 Å². The maximum absolute atomic E-state index is 10.8. The van der Waals surface area contributed by atoms with Crippen molar-refractivity contribution in [2.24, 2.45) is 0 Å². The number of amides is 2. The van der Waals surface area contributed by atoms with E-state index in [-0.39, 0.29) is 11.8 Å². The van der Waals surface area contributed by atoms with Gasteiger partial charge < -0.3 is 26.6 Å². The Bertz CT molecular complexity index is 201. The third-order valence-electron chi connectivity index (χ3n) is 2.09. The molecule has 0 bridgehead atoms. The van der Waals surface area contributed by atoms with E-state index in [0.29, 0.717) is 13.1 Å². The number of hydrogen-bond donors (Lipinski definition) is 5. The number of likely N-dealkylation sites (N-methyl/N-ethyl adjacent to an activating group) is 2. The lowest BCUT2D eigenvalue weighted by Crippen LogP contribution is -2.38. The molecule has 0 aromatic carbocycles. The second kappa shape index (κ2) is 11.3. The molecule has 5 N–H and O–H groups in total. The van der Waals surface area contributed by atoms with Crippen molar-refractivity contribution in [3.05, 3.63) is 0 Å². The second-order valence-electron chi connectivity index (χ2n) is 3.45. The summed E-state index contributed by atoms with van der Waals surface area (Å²) in [5.41, 5.74) is 0. The van der Waals surface area contributed by atoms with Crippen molar-refractivity contribution >= 4 is 11.8 Å². The summed E-state index contributed by atoms with van der Waals surface area (Å²) in [5, 5.41) is 14.2. The quantitative estimate of drug-likeness (QED) is 0.269. The fraction of sp³-hybridized carbons (Fsp3) is 0.800. The van der Waals surface area contributed by atoms with E-state index in [9.17, 15) is 9.59 Å². The van der Waals surface area contributed by atoms with Crippen LogP contribution in [0.2, 0.25) is 0 Å². The minimum Gasteiger partial charge on any atom is -0.358 e. The molecule has 0 aliphatic carbocycles. The summed E-state index contributed by atoms with van der Waals surface area (Å²) in [6.07, 6.45) is 0. The first-order valence-electron chi connectivity index (χ1n) is 5.74. The Morgan fingerprint density at radius 3 is 1.41 bits per heavy atom. The van der Waals surface area contributed by atoms with Crippen LogP contribution in [0.1, 0.15) is 0 Å². The maximum Gasteiger partial charge on any atom is 0.233 e. The summed E-state index contributed by atoms with van der Waals surface area (Å²) >= 11 is 0. The van der Waals surface area contributed by atoms with Gasteiger partial charge in [-0.25, -0.2) is 0 Å². The Balaban J connectivity index is 3.08. The molecule has 0 rings (SSSR count). The molecule has 7 heteroatoms. The van der Waals surface area contributed by atoms with E-state index in [2.05, 4.69) is 26.6 Å². The van der Waals surface area contributed by atoms with Crippen molar-refractivity contribution in [1.82, 2.24) is 26.6 Å². The van der Waals surface area contributed by atoms with Gasteiger partial charge in [-0.15, -0.1) is 0 Å². The van der Waals surface area contributed by atoms with Gasteiger partial charge in [0.05, 0.1) is 13.1 Å². The average Bonchev–Trinajstić information content (AvgIpc) is 2.35. The van der Waals surface area contributed by atoms with Crippen molar-refractivity contribution < 1.29 is 9.59 Å². The smallest absolute Gasteiger partial charge is 0.233 e. The Morgan fingerprint density at radius 1 is 0.706 bits per heavy atom. The molecule has 0 aromatic rings. The molecular formula is C10H23N5O2. The van der Waals surface area contributed by atoms with E-state index in [0.717, 1.165) is 26.2 Å². The highest BCUT2D eigenvalue weighted by Gasteiger charge is 1.96. The number of carbonyl (C=O) groups excluding carboxylic acids is 2. The monoisotopic (exact) mass is 245 g/mol. The molecule has 0 aliphatic heterocycles. The molecule has 0 aromatic heterocycles. The Labute approximate surface area is 102 Å². The molecule has 0 saturated carbocycles. The molecule has 17 heavy (non-hydrogen) atoms. The highest BCUT2D eigenvalue weighted by molar-refractivity contribution is 5.77. The molecule has 0 unspecified atom stereocenters. The van der Waals surface area contributed by atoms with Crippen molar-refractivity contribution in [1.29, 1.82) is 0 Å². The zero-order valence-electron chi connectivity index (χ0n) is 10.6. The van der Waals surface area contributed by atoms with Crippen molar-refractivity contribution in [2.45, 2.75) is 0 Å². The van der Waals surface area contributed by atoms with E-state index in [1.165, 1.54) is 0 Å². The third kappa shape index (κ3) is 11.1. The predicted molar refractivity (Wildman–Crippen MR) is 66.7 cm³/mol. The summed E-state index contributed by atoms with van der Waals surface area (Å²) in [6.45, 7) is 3.74. The minimum absolute atomic E-state index is 0.0164. The second-order valence-corrected chi connectivity index (χ2v) is 3.45. The van der Waals surface area contributed by atoms with Crippen LogP contribution in [0.4, 0.5) is 0 Å². The van der Waals surface area contributed by atoms with Gasteiger partial charge in [0, 0.05) is 40.3 Å². The first-order chi connectivity index (χ1) is 8.20. The largest absolute Gasteiger partial charge is 0.358 e. The van der Waals surface area contributed by atoms with Gasteiger partial charge in [0.15, 0.2) is 0 Å². The van der Waals surface area contributed by atoms with Gasteiger partial charge in [0.2, 0.25) is 11.8 Å². The van der Waals surface area contributed by atoms with Crippen LogP contribution in [0.5, 0.6) is 0 Å². The number of rotatable bonds is 10. The lowest BCUT2D eigenvalue weighted by molar-refractivity contribution is -0.120. The maximum atomic E-state index is 10.8. The summed E-state index contributed by atoms with van der Waals surface area (Å²) in [5.74, 6) is -0.0329. The van der Waals surface area contributed by atoms with Gasteiger partial charge in [0.25, 0.3) is 0 Å². The topological polar surface area (TPSA) is 94.3 Å². The van der Waals surface area contributed by atoms with Gasteiger partial charge in [-0.1, -0.05) is 0 Å². The van der Waals surface area contributed by atoms with Crippen LogP contribution in [0.15, 0.2) is 0 Å². The van der Waals surface area contributed by atoms with Crippen molar-refractivity contribution in [3.8, 4) is 0 Å². The van der Waals surface area contributed by atoms with Crippen LogP contribution in [0.3, 0.4) is 0 Å². The highest BCUT2D eigenvalue weighted by Crippen LogP contribution is 1.64. The molecule has 0 radical (unpaired) electrons. The SMILES string of the molecule is CNC(=O)CNCCNCCNCC(=O)NC. The first kappa shape index (κ1) is 15.8. The predicted octanol–water partition coefficient (Wildman–Crippen LogP) is -2.75. The average molecular weight is 245 g/mol. The summed E-state index contributed by atoms with van der Waals surface area (Å²) in [4.78, 5) is 21.7. The number of carbonyl (C=O) groups is 2. The summed E-state index contributed by atoms with van der Waals surface area (Å²) in [6, 6.07) is 0. The fourth-order valence-electron chi connectivity index (χ4n) is 1.06. The van der Waals surface area contributed by atoms with E-state index in [1.807, 2.05) is 0 Å². The third-order valence-corrected chi connectivity index (χ3v) is 2.09. The van der Waals surface area contributed by atoms with Gasteiger partial charge in [0.1, 0.15) is 0 Å². The lowest BCUT2D eigenvalue weighted by Gasteiger charge is -2.07. The Morgan fingerprint density at radius 2 is 1.06 bits per heavy atom. The van der Waals surface area contributed by atoms with Crippen LogP contribution in [-0.2, 0) is 9.59 Å². The summed E-state index contributed by atoms with van der Waals surface area (Å²) in [7, 11) is 3.22. The molecule has 7 nitrogen and oxygen atoms in total. The van der Waals surface area contributed by atoms with E-state index >= 15 is 0 Å². The van der Waals surface area contributed by atoms with Crippen LogP contribution in [0, 0.1) is 0 Å². The van der Waals surface area contributed by atoms with Crippen LogP contribution in [-0.4, -0.2) is 65.2 Å². The standard InChI is InChI=1S/C10H23N5O2/c1-11-9(16)7-14-5-3-13-4-6-15-8-10(17)12-2/h13-15H,3-8H2,1-2H3,(H,11,16)(H,12,17). The van der Waals surface area contributed by atoms with Crippen LogP contribution in [0.25, 0.3) is 0 Å². The first-order valence-corrected chi connectivity index (χ1v) is 5.74. The molecule has 0 aliphatic rings. The van der Waals surface area contributed by atoms with Gasteiger partial charge in [-0.05, 0) is 0 Å². The summed E-state index contributed by atoms with van der Waals surface area (Å²) < 4.78 is 0. The molecule has 0 spiro atoms. The van der Waals surface area contributed by atoms with Crippen molar-refractivity contribution in [2.75, 3.05) is 53.4 Å². The Kier molecular flexibility index (Phi) is 10.5. The van der Waals surface area contributed by atoms with Gasteiger partial charge in [-0.2, -0.15) is 0 Å². The van der Waals surface area contributed by atoms with E-state index in [1.54, 1.807) is 14.1 Å². The fourth-order valence-corrected chi connectivity index (χ4v) is 1.06. The van der Waals surface area contributed by atoms with Crippen molar-refractivity contribution in [3.63, 3.8) is 0 Å². The lowest BCUT2D eigenvalue weighted by atomic mass is 10.5. The molecule has 0 atom stereocenters. The highest BCUT2D eigenvalue weighted by atomic mass is 16.2.